The Hall–Kier alpha value is -4.06. The fourth-order valence-electron chi connectivity index (χ4n) is 2.82. The molecule has 6 nitrogen and oxygen atoms in total. The first kappa shape index (κ1) is 18.3. The van der Waals surface area contributed by atoms with Crippen LogP contribution in [0.3, 0.4) is 0 Å². The van der Waals surface area contributed by atoms with Gasteiger partial charge >= 0.3 is 5.97 Å². The molecule has 144 valence electrons. The normalized spacial score (nSPS) is 10.5. The average Bonchev–Trinajstić information content (AvgIpc) is 3.19. The second-order valence-corrected chi connectivity index (χ2v) is 6.33. The average molecular weight is 386 g/mol. The Morgan fingerprint density at radius 2 is 1.52 bits per heavy atom. The number of amides is 1. The van der Waals surface area contributed by atoms with Gasteiger partial charge in [-0.25, -0.2) is 4.79 Å². The lowest BCUT2D eigenvalue weighted by molar-refractivity contribution is -0.119. The van der Waals surface area contributed by atoms with Gasteiger partial charge in [0.1, 0.15) is 17.2 Å². The number of ether oxygens (including phenoxy) is 2. The lowest BCUT2D eigenvalue weighted by atomic mass is 10.2. The molecule has 0 bridgehead atoms. The fraction of sp³-hybridized carbons (Fsp3) is 0.0435. The molecule has 0 saturated carbocycles. The van der Waals surface area contributed by atoms with E-state index < -0.39 is 11.9 Å². The monoisotopic (exact) mass is 386 g/mol. The number of aromatic amines is 1. The number of anilines is 1. The van der Waals surface area contributed by atoms with Gasteiger partial charge < -0.3 is 19.8 Å². The summed E-state index contributed by atoms with van der Waals surface area (Å²) in [7, 11) is 0. The number of benzene rings is 3. The van der Waals surface area contributed by atoms with Crippen molar-refractivity contribution in [2.75, 3.05) is 11.9 Å². The molecule has 0 aliphatic carbocycles. The number of rotatable bonds is 6. The van der Waals surface area contributed by atoms with Crippen molar-refractivity contribution in [3.8, 4) is 11.5 Å². The summed E-state index contributed by atoms with van der Waals surface area (Å²) in [6.07, 6.45) is 0. The van der Waals surface area contributed by atoms with Gasteiger partial charge in [-0.3, -0.25) is 4.79 Å². The number of aromatic nitrogens is 1. The molecule has 4 aromatic rings. The molecular formula is C23H18N2O4. The van der Waals surface area contributed by atoms with Gasteiger partial charge in [-0.15, -0.1) is 0 Å². The van der Waals surface area contributed by atoms with Crippen LogP contribution in [0.15, 0.2) is 84.9 Å². The Balaban J connectivity index is 1.29. The number of nitrogens with one attached hydrogen (secondary N) is 2. The van der Waals surface area contributed by atoms with Crippen LogP contribution in [0.25, 0.3) is 10.9 Å². The third-order valence-electron chi connectivity index (χ3n) is 4.20. The highest BCUT2D eigenvalue weighted by Crippen LogP contribution is 2.22. The van der Waals surface area contributed by atoms with Gasteiger partial charge in [-0.2, -0.15) is 0 Å². The number of H-pyrrole nitrogens is 1. The summed E-state index contributed by atoms with van der Waals surface area (Å²) in [5.74, 6) is 0.377. The number of hydrogen-bond acceptors (Lipinski definition) is 4. The highest BCUT2D eigenvalue weighted by Gasteiger charge is 2.13. The van der Waals surface area contributed by atoms with Crippen LogP contribution in [-0.4, -0.2) is 23.5 Å². The zero-order chi connectivity index (χ0) is 20.1. The standard InChI is InChI=1S/C23H18N2O4/c26-22(15-28-23(27)21-14-16-6-4-5-9-20(16)25-21)24-17-10-12-19(13-11-17)29-18-7-2-1-3-8-18/h1-14,25H,15H2,(H,24,26). The number of carbonyl (C=O) groups is 2. The highest BCUT2D eigenvalue weighted by atomic mass is 16.5. The van der Waals surface area contributed by atoms with Crippen LogP contribution < -0.4 is 10.1 Å². The number of hydrogen-bond donors (Lipinski definition) is 2. The molecule has 1 amide bonds. The van der Waals surface area contributed by atoms with E-state index in [4.69, 9.17) is 9.47 Å². The van der Waals surface area contributed by atoms with Crippen LogP contribution in [0, 0.1) is 0 Å². The van der Waals surface area contributed by atoms with E-state index in [0.29, 0.717) is 17.1 Å². The van der Waals surface area contributed by atoms with Crippen LogP contribution in [-0.2, 0) is 9.53 Å². The first-order chi connectivity index (χ1) is 14.2. The first-order valence-electron chi connectivity index (χ1n) is 9.05. The van der Waals surface area contributed by atoms with Crippen molar-refractivity contribution in [1.82, 2.24) is 4.98 Å². The largest absolute Gasteiger partial charge is 0.457 e. The molecule has 4 rings (SSSR count). The van der Waals surface area contributed by atoms with Gasteiger partial charge in [0.25, 0.3) is 5.91 Å². The third-order valence-corrected chi connectivity index (χ3v) is 4.20. The Morgan fingerprint density at radius 1 is 0.828 bits per heavy atom. The quantitative estimate of drug-likeness (QED) is 0.469. The molecule has 2 N–H and O–H groups in total. The maximum atomic E-state index is 12.1. The smallest absolute Gasteiger partial charge is 0.355 e. The molecule has 0 saturated heterocycles. The van der Waals surface area contributed by atoms with Crippen molar-refractivity contribution in [1.29, 1.82) is 0 Å². The molecule has 0 atom stereocenters. The second kappa shape index (κ2) is 8.31. The molecule has 0 unspecified atom stereocenters. The molecule has 29 heavy (non-hydrogen) atoms. The minimum absolute atomic E-state index is 0.307. The number of carbonyl (C=O) groups excluding carboxylic acids is 2. The maximum Gasteiger partial charge on any atom is 0.355 e. The van der Waals surface area contributed by atoms with Crippen molar-refractivity contribution < 1.29 is 19.1 Å². The molecule has 0 aliphatic rings. The van der Waals surface area contributed by atoms with Crippen LogP contribution in [0.2, 0.25) is 0 Å². The Morgan fingerprint density at radius 3 is 2.28 bits per heavy atom. The predicted molar refractivity (Wildman–Crippen MR) is 110 cm³/mol. The van der Waals surface area contributed by atoms with E-state index in [9.17, 15) is 9.59 Å². The summed E-state index contributed by atoms with van der Waals surface area (Å²) >= 11 is 0. The van der Waals surface area contributed by atoms with Gasteiger partial charge in [-0.05, 0) is 48.5 Å². The Labute approximate surface area is 167 Å². The molecule has 1 heterocycles. The van der Waals surface area contributed by atoms with Gasteiger partial charge in [0.05, 0.1) is 0 Å². The van der Waals surface area contributed by atoms with Crippen LogP contribution in [0.4, 0.5) is 5.69 Å². The second-order valence-electron chi connectivity index (χ2n) is 6.33. The predicted octanol–water partition coefficient (Wildman–Crippen LogP) is 4.76. The van der Waals surface area contributed by atoms with Gasteiger partial charge in [0.15, 0.2) is 6.61 Å². The summed E-state index contributed by atoms with van der Waals surface area (Å²) in [6.45, 7) is -0.379. The van der Waals surface area contributed by atoms with E-state index in [0.717, 1.165) is 16.7 Å². The minimum Gasteiger partial charge on any atom is -0.457 e. The van der Waals surface area contributed by atoms with Gasteiger partial charge in [0, 0.05) is 16.6 Å². The third kappa shape index (κ3) is 4.62. The molecule has 0 radical (unpaired) electrons. The van der Waals surface area contributed by atoms with Crippen molar-refractivity contribution in [2.24, 2.45) is 0 Å². The maximum absolute atomic E-state index is 12.1. The van der Waals surface area contributed by atoms with Crippen LogP contribution in [0.1, 0.15) is 10.5 Å². The van der Waals surface area contributed by atoms with E-state index in [-0.39, 0.29) is 6.61 Å². The summed E-state index contributed by atoms with van der Waals surface area (Å²) in [6, 6.07) is 25.6. The lowest BCUT2D eigenvalue weighted by Gasteiger charge is -2.08. The summed E-state index contributed by atoms with van der Waals surface area (Å²) in [5, 5.41) is 3.59. The Kier molecular flexibility index (Phi) is 5.25. The highest BCUT2D eigenvalue weighted by molar-refractivity contribution is 5.97. The summed E-state index contributed by atoms with van der Waals surface area (Å²) < 4.78 is 10.8. The van der Waals surface area contributed by atoms with E-state index >= 15 is 0 Å². The van der Waals surface area contributed by atoms with Crippen LogP contribution in [0.5, 0.6) is 11.5 Å². The molecule has 6 heteroatoms. The minimum atomic E-state index is -0.581. The molecule has 3 aromatic carbocycles. The van der Waals surface area contributed by atoms with Crippen molar-refractivity contribution >= 4 is 28.5 Å². The topological polar surface area (TPSA) is 80.4 Å². The zero-order valence-electron chi connectivity index (χ0n) is 15.4. The molecule has 0 aliphatic heterocycles. The number of fused-ring (bicyclic) bond motifs is 1. The molecule has 0 spiro atoms. The van der Waals surface area contributed by atoms with Gasteiger partial charge in [0.2, 0.25) is 0 Å². The van der Waals surface area contributed by atoms with Crippen molar-refractivity contribution in [2.45, 2.75) is 0 Å². The van der Waals surface area contributed by atoms with E-state index in [2.05, 4.69) is 10.3 Å². The van der Waals surface area contributed by atoms with E-state index in [1.54, 1.807) is 30.3 Å². The number of para-hydroxylation sites is 2. The summed E-state index contributed by atoms with van der Waals surface area (Å²) in [5.41, 5.74) is 1.72. The lowest BCUT2D eigenvalue weighted by Crippen LogP contribution is -2.21. The molecule has 1 aromatic heterocycles. The first-order valence-corrected chi connectivity index (χ1v) is 9.05. The molecular weight excluding hydrogens is 368 g/mol. The summed E-state index contributed by atoms with van der Waals surface area (Å²) in [4.78, 5) is 27.2. The van der Waals surface area contributed by atoms with E-state index in [1.165, 1.54) is 0 Å². The molecule has 0 fully saturated rings. The van der Waals surface area contributed by atoms with E-state index in [1.807, 2.05) is 54.6 Å². The van der Waals surface area contributed by atoms with Crippen LogP contribution >= 0.6 is 0 Å². The van der Waals surface area contributed by atoms with Crippen molar-refractivity contribution in [3.05, 3.63) is 90.6 Å². The Bertz CT molecular complexity index is 1100. The number of esters is 1. The zero-order valence-corrected chi connectivity index (χ0v) is 15.4. The fourth-order valence-corrected chi connectivity index (χ4v) is 2.82. The van der Waals surface area contributed by atoms with Gasteiger partial charge in [-0.1, -0.05) is 36.4 Å². The van der Waals surface area contributed by atoms with Crippen molar-refractivity contribution in [3.63, 3.8) is 0 Å². The SMILES string of the molecule is O=C(COC(=O)c1cc2ccccc2[nH]1)Nc1ccc(Oc2ccccc2)cc1.